The Morgan fingerprint density at radius 3 is 2.73 bits per heavy atom. The lowest BCUT2D eigenvalue weighted by atomic mass is 10.2. The van der Waals surface area contributed by atoms with Crippen molar-refractivity contribution < 1.29 is 8.81 Å². The van der Waals surface area contributed by atoms with Crippen LogP contribution in [0.5, 0.6) is 0 Å². The fourth-order valence-electron chi connectivity index (χ4n) is 1.79. The van der Waals surface area contributed by atoms with Crippen LogP contribution in [-0.4, -0.2) is 10.2 Å². The van der Waals surface area contributed by atoms with Gasteiger partial charge in [-0.2, -0.15) is 5.26 Å². The minimum absolute atomic E-state index is 0.0509. The summed E-state index contributed by atoms with van der Waals surface area (Å²) in [7, 11) is 0. The molecular weight excluding hydrogens is 325 g/mol. The second kappa shape index (κ2) is 6.18. The Bertz CT molecular complexity index is 875. The molecule has 22 heavy (non-hydrogen) atoms. The number of nitriles is 1. The fraction of sp³-hybridized carbons (Fsp3) is 0. The van der Waals surface area contributed by atoms with Crippen molar-refractivity contribution in [3.63, 3.8) is 0 Å². The average Bonchev–Trinajstić information content (AvgIpc) is 2.96. The maximum absolute atomic E-state index is 13.6. The Hall–Kier alpha value is -2.36. The van der Waals surface area contributed by atoms with Crippen LogP contribution in [-0.2, 0) is 0 Å². The van der Waals surface area contributed by atoms with Gasteiger partial charge in [0, 0.05) is 4.90 Å². The lowest BCUT2D eigenvalue weighted by Crippen LogP contribution is -1.86. The second-order valence-corrected chi connectivity index (χ2v) is 5.58. The van der Waals surface area contributed by atoms with Crippen LogP contribution in [0, 0.1) is 17.1 Å². The molecule has 7 heteroatoms. The first-order valence-corrected chi connectivity index (χ1v) is 7.33. The van der Waals surface area contributed by atoms with E-state index in [1.807, 2.05) is 6.07 Å². The number of rotatable bonds is 3. The van der Waals surface area contributed by atoms with Gasteiger partial charge in [0.15, 0.2) is 0 Å². The van der Waals surface area contributed by atoms with Crippen LogP contribution in [0.15, 0.2) is 57.0 Å². The van der Waals surface area contributed by atoms with Gasteiger partial charge in [-0.1, -0.05) is 29.8 Å². The van der Waals surface area contributed by atoms with E-state index in [0.29, 0.717) is 15.5 Å². The summed E-state index contributed by atoms with van der Waals surface area (Å²) >= 11 is 7.10. The molecule has 1 heterocycles. The molecule has 0 aliphatic rings. The molecule has 0 saturated heterocycles. The van der Waals surface area contributed by atoms with E-state index < -0.39 is 5.82 Å². The van der Waals surface area contributed by atoms with Gasteiger partial charge in [-0.05, 0) is 36.0 Å². The molecule has 2 aromatic carbocycles. The zero-order valence-corrected chi connectivity index (χ0v) is 12.5. The van der Waals surface area contributed by atoms with Gasteiger partial charge in [0.25, 0.3) is 5.22 Å². The topological polar surface area (TPSA) is 62.7 Å². The Kier molecular flexibility index (Phi) is 4.09. The number of aromatic nitrogens is 2. The van der Waals surface area contributed by atoms with Crippen molar-refractivity contribution >= 4 is 23.4 Å². The molecule has 3 aromatic rings. The molecule has 1 aromatic heterocycles. The van der Waals surface area contributed by atoms with Crippen LogP contribution in [0.3, 0.4) is 0 Å². The van der Waals surface area contributed by atoms with E-state index in [0.717, 1.165) is 11.8 Å². The van der Waals surface area contributed by atoms with E-state index in [1.165, 1.54) is 12.1 Å². The molecule has 0 aliphatic heterocycles. The van der Waals surface area contributed by atoms with Gasteiger partial charge >= 0.3 is 0 Å². The minimum Gasteiger partial charge on any atom is -0.411 e. The highest BCUT2D eigenvalue weighted by Gasteiger charge is 2.15. The number of halogens is 2. The van der Waals surface area contributed by atoms with E-state index in [2.05, 4.69) is 10.2 Å². The Labute approximate surface area is 134 Å². The van der Waals surface area contributed by atoms with Crippen LogP contribution < -0.4 is 0 Å². The highest BCUT2D eigenvalue weighted by molar-refractivity contribution is 7.99. The third-order valence-corrected chi connectivity index (χ3v) is 4.02. The van der Waals surface area contributed by atoms with Crippen LogP contribution >= 0.6 is 23.4 Å². The highest BCUT2D eigenvalue weighted by Crippen LogP contribution is 2.33. The third-order valence-electron chi connectivity index (χ3n) is 2.80. The van der Waals surface area contributed by atoms with Crippen molar-refractivity contribution in [3.05, 3.63) is 58.9 Å². The first-order chi connectivity index (χ1) is 10.7. The summed E-state index contributed by atoms with van der Waals surface area (Å²) in [6, 6.07) is 13.3. The van der Waals surface area contributed by atoms with Gasteiger partial charge in [-0.3, -0.25) is 0 Å². The van der Waals surface area contributed by atoms with E-state index in [4.69, 9.17) is 21.3 Å². The molecule has 0 aliphatic carbocycles. The summed E-state index contributed by atoms with van der Waals surface area (Å²) in [5.41, 5.74) is 0.563. The lowest BCUT2D eigenvalue weighted by molar-refractivity contribution is 0.466. The Morgan fingerprint density at radius 1 is 1.14 bits per heavy atom. The van der Waals surface area contributed by atoms with E-state index in [-0.39, 0.29) is 16.7 Å². The van der Waals surface area contributed by atoms with E-state index in [9.17, 15) is 4.39 Å². The smallest absolute Gasteiger partial charge is 0.281 e. The molecule has 0 N–H and O–H groups in total. The standard InChI is InChI=1S/C15H7ClFN3OS/c16-11-5-2-1-4-9(11)14-19-20-15(21-14)22-13-7-3-6-12(17)10(13)8-18/h1-7H. The molecule has 0 bridgehead atoms. The van der Waals surface area contributed by atoms with Crippen molar-refractivity contribution in [1.29, 1.82) is 5.26 Å². The Balaban J connectivity index is 1.92. The van der Waals surface area contributed by atoms with Crippen molar-refractivity contribution in [1.82, 2.24) is 10.2 Å². The van der Waals surface area contributed by atoms with Gasteiger partial charge in [-0.25, -0.2) is 4.39 Å². The molecule has 4 nitrogen and oxygen atoms in total. The van der Waals surface area contributed by atoms with E-state index in [1.54, 1.807) is 30.3 Å². The van der Waals surface area contributed by atoms with Crippen molar-refractivity contribution in [2.75, 3.05) is 0 Å². The van der Waals surface area contributed by atoms with Crippen molar-refractivity contribution in [2.45, 2.75) is 10.1 Å². The number of hydrogen-bond acceptors (Lipinski definition) is 5. The highest BCUT2D eigenvalue weighted by atomic mass is 35.5. The monoisotopic (exact) mass is 331 g/mol. The van der Waals surface area contributed by atoms with Crippen LogP contribution in [0.1, 0.15) is 5.56 Å². The predicted octanol–water partition coefficient (Wildman–Crippen LogP) is 4.55. The predicted molar refractivity (Wildman–Crippen MR) is 80.0 cm³/mol. The SMILES string of the molecule is N#Cc1c(F)cccc1Sc1nnc(-c2ccccc2Cl)o1. The lowest BCUT2D eigenvalue weighted by Gasteiger charge is -2.00. The van der Waals surface area contributed by atoms with Gasteiger partial charge in [0.2, 0.25) is 5.89 Å². The molecule has 108 valence electrons. The normalized spacial score (nSPS) is 10.4. The molecule has 0 amide bonds. The number of benzene rings is 2. The van der Waals surface area contributed by atoms with Gasteiger partial charge in [-0.15, -0.1) is 10.2 Å². The largest absolute Gasteiger partial charge is 0.411 e. The van der Waals surface area contributed by atoms with Crippen LogP contribution in [0.4, 0.5) is 4.39 Å². The van der Waals surface area contributed by atoms with Crippen LogP contribution in [0.25, 0.3) is 11.5 Å². The Morgan fingerprint density at radius 2 is 1.95 bits per heavy atom. The third kappa shape index (κ3) is 2.82. The maximum atomic E-state index is 13.6. The maximum Gasteiger partial charge on any atom is 0.281 e. The summed E-state index contributed by atoms with van der Waals surface area (Å²) in [4.78, 5) is 0.414. The van der Waals surface area contributed by atoms with Gasteiger partial charge in [0.1, 0.15) is 17.4 Å². The summed E-state index contributed by atoms with van der Waals surface area (Å²) in [5, 5.41) is 17.5. The molecule has 0 fully saturated rings. The minimum atomic E-state index is -0.585. The number of hydrogen-bond donors (Lipinski definition) is 0. The molecule has 0 saturated carbocycles. The second-order valence-electron chi connectivity index (χ2n) is 4.18. The summed E-state index contributed by atoms with van der Waals surface area (Å²) in [6.07, 6.45) is 0. The van der Waals surface area contributed by atoms with Crippen LogP contribution in [0.2, 0.25) is 5.02 Å². The first-order valence-electron chi connectivity index (χ1n) is 6.14. The summed E-state index contributed by atoms with van der Waals surface area (Å²) in [5.74, 6) is -0.318. The first kappa shape index (κ1) is 14.6. The fourth-order valence-corrected chi connectivity index (χ4v) is 2.79. The summed E-state index contributed by atoms with van der Waals surface area (Å²) < 4.78 is 19.1. The molecule has 0 atom stereocenters. The van der Waals surface area contributed by atoms with Crippen molar-refractivity contribution in [2.24, 2.45) is 0 Å². The van der Waals surface area contributed by atoms with Crippen molar-refractivity contribution in [3.8, 4) is 17.5 Å². The molecule has 0 unspecified atom stereocenters. The molecular formula is C15H7ClFN3OS. The quantitative estimate of drug-likeness (QED) is 0.704. The molecule has 0 spiro atoms. The molecule has 3 rings (SSSR count). The van der Waals surface area contributed by atoms with E-state index >= 15 is 0 Å². The van der Waals surface area contributed by atoms with Gasteiger partial charge < -0.3 is 4.42 Å². The number of nitrogens with zero attached hydrogens (tertiary/aromatic N) is 3. The van der Waals surface area contributed by atoms with Gasteiger partial charge in [0.05, 0.1) is 10.6 Å². The zero-order valence-electron chi connectivity index (χ0n) is 11.0. The average molecular weight is 332 g/mol. The summed E-state index contributed by atoms with van der Waals surface area (Å²) in [6.45, 7) is 0. The zero-order chi connectivity index (χ0) is 15.5. The molecule has 0 radical (unpaired) electrons.